The molecule has 1 N–H and O–H groups in total. The number of aromatic nitrogens is 3. The van der Waals surface area contributed by atoms with Crippen LogP contribution in [0.25, 0.3) is 6.08 Å². The molecule has 0 radical (unpaired) electrons. The van der Waals surface area contributed by atoms with Gasteiger partial charge in [0.2, 0.25) is 0 Å². The molecule has 1 aromatic heterocycles. The van der Waals surface area contributed by atoms with Crippen LogP contribution in [0.1, 0.15) is 54.6 Å². The lowest BCUT2D eigenvalue weighted by Gasteiger charge is -2.35. The van der Waals surface area contributed by atoms with Crippen LogP contribution < -0.4 is 5.32 Å². The number of piperidine rings is 1. The Morgan fingerprint density at radius 2 is 2.04 bits per heavy atom. The van der Waals surface area contributed by atoms with Crippen molar-refractivity contribution in [3.05, 3.63) is 53.9 Å². The van der Waals surface area contributed by atoms with Gasteiger partial charge in [0.25, 0.3) is 5.91 Å². The van der Waals surface area contributed by atoms with Gasteiger partial charge in [0.1, 0.15) is 0 Å². The van der Waals surface area contributed by atoms with Gasteiger partial charge in [0.15, 0.2) is 5.69 Å². The van der Waals surface area contributed by atoms with Gasteiger partial charge in [-0.2, -0.15) is 0 Å². The van der Waals surface area contributed by atoms with Gasteiger partial charge in [0.05, 0.1) is 6.20 Å². The first kappa shape index (κ1) is 18.9. The molecule has 0 bridgehead atoms. The zero-order valence-electron chi connectivity index (χ0n) is 16.3. The largest absolute Gasteiger partial charge is 0.348 e. The maximum atomic E-state index is 12.1. The first-order chi connectivity index (χ1) is 13.8. The smallest absolute Gasteiger partial charge is 0.273 e. The van der Waals surface area contributed by atoms with Crippen LogP contribution in [-0.2, 0) is 6.54 Å². The molecule has 148 valence electrons. The van der Waals surface area contributed by atoms with Crippen LogP contribution in [0.2, 0.25) is 0 Å². The summed E-state index contributed by atoms with van der Waals surface area (Å²) < 4.78 is 1.81. The second kappa shape index (κ2) is 9.15. The molecule has 1 saturated carbocycles. The Hall–Kier alpha value is -2.47. The molecule has 6 nitrogen and oxygen atoms in total. The van der Waals surface area contributed by atoms with Crippen LogP contribution in [0, 0.1) is 0 Å². The minimum atomic E-state index is -0.0981. The Morgan fingerprint density at radius 3 is 2.86 bits per heavy atom. The van der Waals surface area contributed by atoms with E-state index in [1.807, 2.05) is 10.7 Å². The number of carbonyl (C=O) groups is 1. The van der Waals surface area contributed by atoms with Crippen molar-refractivity contribution in [2.24, 2.45) is 0 Å². The minimum Gasteiger partial charge on any atom is -0.348 e. The number of carbonyl (C=O) groups excluding carboxylic acids is 1. The van der Waals surface area contributed by atoms with E-state index in [4.69, 9.17) is 0 Å². The Bertz CT molecular complexity index is 796. The number of rotatable bonds is 8. The summed E-state index contributed by atoms with van der Waals surface area (Å²) >= 11 is 0. The van der Waals surface area contributed by atoms with Crippen molar-refractivity contribution >= 4 is 12.0 Å². The topological polar surface area (TPSA) is 63.1 Å². The molecule has 1 saturated heterocycles. The van der Waals surface area contributed by atoms with Crippen LogP contribution in [-0.4, -0.2) is 51.0 Å². The van der Waals surface area contributed by atoms with Gasteiger partial charge in [-0.05, 0) is 44.2 Å². The predicted molar refractivity (Wildman–Crippen MR) is 110 cm³/mol. The first-order valence-electron chi connectivity index (χ1n) is 10.4. The zero-order chi connectivity index (χ0) is 19.2. The second-order valence-corrected chi connectivity index (χ2v) is 7.86. The molecular weight excluding hydrogens is 350 g/mol. The zero-order valence-corrected chi connectivity index (χ0v) is 16.3. The molecule has 1 aliphatic carbocycles. The van der Waals surface area contributed by atoms with Crippen molar-refractivity contribution in [3.63, 3.8) is 0 Å². The summed E-state index contributed by atoms with van der Waals surface area (Å²) in [4.78, 5) is 14.6. The summed E-state index contributed by atoms with van der Waals surface area (Å²) in [6, 6.07) is 11.3. The first-order valence-corrected chi connectivity index (χ1v) is 10.4. The standard InChI is InChI=1S/C22H29N5O/c28-22(23-19-11-12-19)21-17-27(25-24-21)16-13-20-10-4-5-14-26(20)15-6-9-18-7-2-1-3-8-18/h1-3,6-9,17,19-20H,4-5,10-16H2,(H,23,28)/b9-6+/t20-/m1/s1. The van der Waals surface area contributed by atoms with E-state index in [1.165, 1.54) is 24.8 Å². The molecule has 1 atom stereocenters. The van der Waals surface area contributed by atoms with Crippen LogP contribution in [0.3, 0.4) is 0 Å². The number of benzene rings is 1. The van der Waals surface area contributed by atoms with Gasteiger partial charge in [-0.1, -0.05) is 54.1 Å². The summed E-state index contributed by atoms with van der Waals surface area (Å²) in [5.41, 5.74) is 1.67. The molecular formula is C22H29N5O. The molecule has 2 fully saturated rings. The average molecular weight is 380 g/mol. The maximum Gasteiger partial charge on any atom is 0.273 e. The summed E-state index contributed by atoms with van der Waals surface area (Å²) in [6.07, 6.45) is 13.2. The quantitative estimate of drug-likeness (QED) is 0.765. The normalized spacial score (nSPS) is 20.5. The van der Waals surface area contributed by atoms with Crippen LogP contribution in [0.5, 0.6) is 0 Å². The fourth-order valence-corrected chi connectivity index (χ4v) is 3.80. The number of nitrogens with one attached hydrogen (secondary N) is 1. The highest BCUT2D eigenvalue weighted by Crippen LogP contribution is 2.21. The molecule has 4 rings (SSSR count). The van der Waals surface area contributed by atoms with E-state index in [0.717, 1.165) is 38.9 Å². The Kier molecular flexibility index (Phi) is 6.17. The van der Waals surface area contributed by atoms with Gasteiger partial charge in [-0.3, -0.25) is 14.4 Å². The molecule has 1 amide bonds. The van der Waals surface area contributed by atoms with Crippen molar-refractivity contribution in [1.29, 1.82) is 0 Å². The van der Waals surface area contributed by atoms with E-state index in [-0.39, 0.29) is 5.91 Å². The van der Waals surface area contributed by atoms with E-state index >= 15 is 0 Å². The molecule has 1 aromatic carbocycles. The lowest BCUT2D eigenvalue weighted by molar-refractivity contribution is 0.0946. The summed E-state index contributed by atoms with van der Waals surface area (Å²) in [7, 11) is 0. The van der Waals surface area contributed by atoms with Crippen LogP contribution in [0.4, 0.5) is 0 Å². The van der Waals surface area contributed by atoms with Crippen molar-refractivity contribution < 1.29 is 4.79 Å². The molecule has 1 aliphatic heterocycles. The highest BCUT2D eigenvalue weighted by molar-refractivity contribution is 5.92. The van der Waals surface area contributed by atoms with Crippen molar-refractivity contribution in [2.45, 2.75) is 57.2 Å². The van der Waals surface area contributed by atoms with Gasteiger partial charge in [0, 0.05) is 25.2 Å². The summed E-state index contributed by atoms with van der Waals surface area (Å²) in [5, 5.41) is 11.2. The molecule has 0 unspecified atom stereocenters. The lowest BCUT2D eigenvalue weighted by atomic mass is 9.99. The van der Waals surface area contributed by atoms with E-state index < -0.39 is 0 Å². The Balaban J connectivity index is 1.28. The van der Waals surface area contributed by atoms with Crippen LogP contribution >= 0.6 is 0 Å². The Morgan fingerprint density at radius 1 is 1.18 bits per heavy atom. The molecule has 2 aromatic rings. The number of amides is 1. The fourth-order valence-electron chi connectivity index (χ4n) is 3.80. The molecule has 28 heavy (non-hydrogen) atoms. The number of hydrogen-bond acceptors (Lipinski definition) is 4. The third-order valence-electron chi connectivity index (χ3n) is 5.57. The summed E-state index contributed by atoms with van der Waals surface area (Å²) in [6.45, 7) is 2.93. The SMILES string of the molecule is O=C(NC1CC1)c1cn(CC[C@H]2CCCCN2C/C=C/c2ccccc2)nn1. The third kappa shape index (κ3) is 5.29. The second-order valence-electron chi connectivity index (χ2n) is 7.86. The number of likely N-dealkylation sites (tertiary alicyclic amines) is 1. The average Bonchev–Trinajstić information content (AvgIpc) is 3.41. The van der Waals surface area contributed by atoms with Crippen molar-refractivity contribution in [3.8, 4) is 0 Å². The van der Waals surface area contributed by atoms with Gasteiger partial charge < -0.3 is 5.32 Å². The third-order valence-corrected chi connectivity index (χ3v) is 5.57. The Labute approximate surface area is 166 Å². The molecule has 0 spiro atoms. The molecule has 6 heteroatoms. The van der Waals surface area contributed by atoms with Gasteiger partial charge in [-0.25, -0.2) is 0 Å². The maximum absolute atomic E-state index is 12.1. The highest BCUT2D eigenvalue weighted by Gasteiger charge is 2.25. The van der Waals surface area contributed by atoms with E-state index in [0.29, 0.717) is 17.8 Å². The number of nitrogens with zero attached hydrogens (tertiary/aromatic N) is 4. The summed E-state index contributed by atoms with van der Waals surface area (Å²) in [5.74, 6) is -0.0981. The number of hydrogen-bond donors (Lipinski definition) is 1. The van der Waals surface area contributed by atoms with Gasteiger partial charge >= 0.3 is 0 Å². The van der Waals surface area contributed by atoms with Crippen LogP contribution in [0.15, 0.2) is 42.6 Å². The predicted octanol–water partition coefficient (Wildman–Crippen LogP) is 3.13. The number of aryl methyl sites for hydroxylation is 1. The fraction of sp³-hybridized carbons (Fsp3) is 0.500. The van der Waals surface area contributed by atoms with E-state index in [2.05, 4.69) is 56.9 Å². The van der Waals surface area contributed by atoms with Crippen molar-refractivity contribution in [1.82, 2.24) is 25.2 Å². The minimum absolute atomic E-state index is 0.0981. The monoisotopic (exact) mass is 379 g/mol. The lowest BCUT2D eigenvalue weighted by Crippen LogP contribution is -2.40. The molecule has 2 heterocycles. The van der Waals surface area contributed by atoms with E-state index in [9.17, 15) is 4.79 Å². The van der Waals surface area contributed by atoms with Gasteiger partial charge in [-0.15, -0.1) is 5.10 Å². The van der Waals surface area contributed by atoms with E-state index in [1.54, 1.807) is 6.20 Å². The highest BCUT2D eigenvalue weighted by atomic mass is 16.2. The molecule has 2 aliphatic rings. The van der Waals surface area contributed by atoms with Crippen molar-refractivity contribution in [2.75, 3.05) is 13.1 Å².